The number of halogens is 1. The van der Waals surface area contributed by atoms with E-state index < -0.39 is 0 Å². The van der Waals surface area contributed by atoms with Crippen LogP contribution in [0.25, 0.3) is 11.5 Å². The van der Waals surface area contributed by atoms with Crippen molar-refractivity contribution >= 4 is 17.5 Å². The fourth-order valence-corrected chi connectivity index (χ4v) is 2.79. The second-order valence-electron chi connectivity index (χ2n) is 6.11. The number of hydrogen-bond donors (Lipinski definition) is 1. The molecule has 4 nitrogen and oxygen atoms in total. The summed E-state index contributed by atoms with van der Waals surface area (Å²) in [6.45, 7) is 4.38. The van der Waals surface area contributed by atoms with Gasteiger partial charge in [0.05, 0.1) is 0 Å². The first kappa shape index (κ1) is 18.2. The zero-order valence-corrected chi connectivity index (χ0v) is 15.6. The largest absolute Gasteiger partial charge is 0.441 e. The molecule has 1 amide bonds. The second kappa shape index (κ2) is 8.19. The normalized spacial score (nSPS) is 10.7. The Morgan fingerprint density at radius 1 is 1.08 bits per heavy atom. The first-order valence-corrected chi connectivity index (χ1v) is 9.04. The van der Waals surface area contributed by atoms with Crippen LogP contribution < -0.4 is 5.32 Å². The van der Waals surface area contributed by atoms with Crippen LogP contribution in [0.3, 0.4) is 0 Å². The molecule has 0 radical (unpaired) electrons. The summed E-state index contributed by atoms with van der Waals surface area (Å²) in [5, 5.41) is 3.60. The van der Waals surface area contributed by atoms with Crippen molar-refractivity contribution < 1.29 is 9.21 Å². The summed E-state index contributed by atoms with van der Waals surface area (Å²) >= 11 is 5.87. The second-order valence-corrected chi connectivity index (χ2v) is 6.54. The lowest BCUT2D eigenvalue weighted by Crippen LogP contribution is -2.26. The number of oxazole rings is 1. The van der Waals surface area contributed by atoms with Crippen LogP contribution in [0.1, 0.15) is 34.3 Å². The van der Waals surface area contributed by atoms with Crippen molar-refractivity contribution in [2.45, 2.75) is 26.7 Å². The summed E-state index contributed by atoms with van der Waals surface area (Å²) in [6.07, 6.45) is 1.71. The lowest BCUT2D eigenvalue weighted by molar-refractivity contribution is 0.0948. The lowest BCUT2D eigenvalue weighted by atomic mass is 10.1. The van der Waals surface area contributed by atoms with E-state index in [2.05, 4.69) is 17.2 Å². The zero-order valence-electron chi connectivity index (χ0n) is 14.9. The van der Waals surface area contributed by atoms with Crippen molar-refractivity contribution in [1.82, 2.24) is 10.3 Å². The van der Waals surface area contributed by atoms with E-state index in [9.17, 15) is 4.79 Å². The van der Waals surface area contributed by atoms with Gasteiger partial charge in [-0.2, -0.15) is 0 Å². The molecule has 5 heteroatoms. The molecule has 0 bridgehead atoms. The minimum absolute atomic E-state index is 0.225. The summed E-state index contributed by atoms with van der Waals surface area (Å²) in [7, 11) is 0. The van der Waals surface area contributed by atoms with Gasteiger partial charge in [-0.15, -0.1) is 0 Å². The number of amides is 1. The highest BCUT2D eigenvalue weighted by atomic mass is 35.5. The van der Waals surface area contributed by atoms with E-state index in [0.29, 0.717) is 28.9 Å². The summed E-state index contributed by atoms with van der Waals surface area (Å²) in [6, 6.07) is 15.6. The quantitative estimate of drug-likeness (QED) is 0.677. The van der Waals surface area contributed by atoms with E-state index >= 15 is 0 Å². The standard InChI is InChI=1S/C21H21ClN2O2/c1-3-15-4-8-17(9-5-15)21-24-19(14(2)26-21)20(25)23-13-12-16-6-10-18(22)11-7-16/h4-11H,3,12-13H2,1-2H3,(H,23,25). The molecule has 134 valence electrons. The van der Waals surface area contributed by atoms with Gasteiger partial charge in [0.25, 0.3) is 5.91 Å². The van der Waals surface area contributed by atoms with Crippen LogP contribution in [0.5, 0.6) is 0 Å². The Morgan fingerprint density at radius 3 is 2.38 bits per heavy atom. The summed E-state index contributed by atoms with van der Waals surface area (Å²) in [5.41, 5.74) is 3.56. The van der Waals surface area contributed by atoms with Crippen LogP contribution in [0.4, 0.5) is 0 Å². The van der Waals surface area contributed by atoms with E-state index in [1.54, 1.807) is 6.92 Å². The van der Waals surface area contributed by atoms with Gasteiger partial charge in [-0.1, -0.05) is 42.8 Å². The maximum atomic E-state index is 12.4. The van der Waals surface area contributed by atoms with E-state index in [1.807, 2.05) is 48.5 Å². The maximum absolute atomic E-state index is 12.4. The van der Waals surface area contributed by atoms with Gasteiger partial charge in [0.1, 0.15) is 5.76 Å². The van der Waals surface area contributed by atoms with Crippen LogP contribution in [0.2, 0.25) is 5.02 Å². The van der Waals surface area contributed by atoms with Crippen molar-refractivity contribution in [2.24, 2.45) is 0 Å². The smallest absolute Gasteiger partial charge is 0.273 e. The Morgan fingerprint density at radius 2 is 1.73 bits per heavy atom. The fraction of sp³-hybridized carbons (Fsp3) is 0.238. The maximum Gasteiger partial charge on any atom is 0.273 e. The molecule has 0 fully saturated rings. The molecular formula is C21H21ClN2O2. The van der Waals surface area contributed by atoms with Gasteiger partial charge in [0.15, 0.2) is 5.69 Å². The summed E-state index contributed by atoms with van der Waals surface area (Å²) in [5.74, 6) is 0.758. The Hall–Kier alpha value is -2.59. The fourth-order valence-electron chi connectivity index (χ4n) is 2.67. The van der Waals surface area contributed by atoms with Gasteiger partial charge in [-0.25, -0.2) is 4.98 Å². The summed E-state index contributed by atoms with van der Waals surface area (Å²) in [4.78, 5) is 16.8. The third kappa shape index (κ3) is 4.33. The molecule has 0 unspecified atom stereocenters. The van der Waals surface area contributed by atoms with Gasteiger partial charge >= 0.3 is 0 Å². The highest BCUT2D eigenvalue weighted by Crippen LogP contribution is 2.22. The predicted molar refractivity (Wildman–Crippen MR) is 104 cm³/mol. The third-order valence-corrected chi connectivity index (χ3v) is 4.49. The van der Waals surface area contributed by atoms with Gasteiger partial charge in [-0.05, 0) is 55.2 Å². The molecule has 0 saturated carbocycles. The first-order chi connectivity index (χ1) is 12.6. The Labute approximate surface area is 158 Å². The third-order valence-electron chi connectivity index (χ3n) is 4.23. The number of rotatable bonds is 6. The van der Waals surface area contributed by atoms with Gasteiger partial charge < -0.3 is 9.73 Å². The minimum Gasteiger partial charge on any atom is -0.441 e. The monoisotopic (exact) mass is 368 g/mol. The molecule has 2 aromatic carbocycles. The van der Waals surface area contributed by atoms with E-state index in [4.69, 9.17) is 16.0 Å². The van der Waals surface area contributed by atoms with Gasteiger partial charge in [-0.3, -0.25) is 4.79 Å². The number of carbonyl (C=O) groups excluding carboxylic acids is 1. The van der Waals surface area contributed by atoms with Crippen molar-refractivity contribution in [3.8, 4) is 11.5 Å². The number of carbonyl (C=O) groups is 1. The minimum atomic E-state index is -0.225. The lowest BCUT2D eigenvalue weighted by Gasteiger charge is -2.04. The molecule has 3 aromatic rings. The van der Waals surface area contributed by atoms with E-state index in [1.165, 1.54) is 5.56 Å². The molecule has 1 N–H and O–H groups in total. The van der Waals surface area contributed by atoms with Crippen LogP contribution in [-0.2, 0) is 12.8 Å². The number of hydrogen-bond acceptors (Lipinski definition) is 3. The van der Waals surface area contributed by atoms with Crippen LogP contribution in [0.15, 0.2) is 52.9 Å². The Kier molecular flexibility index (Phi) is 5.74. The number of nitrogens with one attached hydrogen (secondary N) is 1. The highest BCUT2D eigenvalue weighted by molar-refractivity contribution is 6.30. The molecule has 1 heterocycles. The molecule has 0 aliphatic rings. The van der Waals surface area contributed by atoms with Crippen molar-refractivity contribution in [1.29, 1.82) is 0 Å². The average Bonchev–Trinajstić information content (AvgIpc) is 3.05. The molecule has 26 heavy (non-hydrogen) atoms. The van der Waals surface area contributed by atoms with Crippen molar-refractivity contribution in [3.63, 3.8) is 0 Å². The van der Waals surface area contributed by atoms with Gasteiger partial charge in [0.2, 0.25) is 5.89 Å². The van der Waals surface area contributed by atoms with E-state index in [0.717, 1.165) is 24.0 Å². The van der Waals surface area contributed by atoms with Crippen molar-refractivity contribution in [3.05, 3.63) is 76.1 Å². The van der Waals surface area contributed by atoms with Gasteiger partial charge in [0, 0.05) is 17.1 Å². The molecule has 0 atom stereocenters. The number of benzene rings is 2. The first-order valence-electron chi connectivity index (χ1n) is 8.66. The molecule has 3 rings (SSSR count). The molecular weight excluding hydrogens is 348 g/mol. The highest BCUT2D eigenvalue weighted by Gasteiger charge is 2.17. The SMILES string of the molecule is CCc1ccc(-c2nc(C(=O)NCCc3ccc(Cl)cc3)c(C)o2)cc1. The van der Waals surface area contributed by atoms with Crippen LogP contribution in [-0.4, -0.2) is 17.4 Å². The molecule has 0 aliphatic carbocycles. The van der Waals surface area contributed by atoms with Crippen molar-refractivity contribution in [2.75, 3.05) is 6.54 Å². The van der Waals surface area contributed by atoms with Crippen LogP contribution >= 0.6 is 11.6 Å². The summed E-state index contributed by atoms with van der Waals surface area (Å²) < 4.78 is 5.69. The average molecular weight is 369 g/mol. The molecule has 0 aliphatic heterocycles. The molecule has 0 saturated heterocycles. The zero-order chi connectivity index (χ0) is 18.5. The number of aromatic nitrogens is 1. The Bertz CT molecular complexity index is 883. The van der Waals surface area contributed by atoms with E-state index in [-0.39, 0.29) is 5.91 Å². The number of aryl methyl sites for hydroxylation is 2. The number of nitrogens with zero attached hydrogens (tertiary/aromatic N) is 1. The van der Waals surface area contributed by atoms with Crippen LogP contribution in [0, 0.1) is 6.92 Å². The predicted octanol–water partition coefficient (Wildman–Crippen LogP) is 4.84. The topological polar surface area (TPSA) is 55.1 Å². The molecule has 0 spiro atoms. The Balaban J connectivity index is 1.63. The molecule has 1 aromatic heterocycles.